The number of hydrogen-bond acceptors (Lipinski definition) is 4. The fraction of sp³-hybridized carbons (Fsp3) is 0.368. The van der Waals surface area contributed by atoms with Crippen LogP contribution in [0.2, 0.25) is 10.0 Å². The molecular formula is C19H23Cl2NO3. The number of aliphatic hydroxyl groups is 1. The lowest BCUT2D eigenvalue weighted by Gasteiger charge is -2.18. The number of para-hydroxylation sites is 1. The highest BCUT2D eigenvalue weighted by atomic mass is 35.5. The topological polar surface area (TPSA) is 50.7 Å². The second kappa shape index (κ2) is 9.88. The number of methoxy groups -OCH3 is 1. The summed E-state index contributed by atoms with van der Waals surface area (Å²) in [5, 5.41) is 13.8. The molecule has 0 saturated heterocycles. The van der Waals surface area contributed by atoms with Crippen molar-refractivity contribution in [3.63, 3.8) is 0 Å². The summed E-state index contributed by atoms with van der Waals surface area (Å²) >= 11 is 12.1. The van der Waals surface area contributed by atoms with Gasteiger partial charge in [-0.15, -0.1) is 0 Å². The summed E-state index contributed by atoms with van der Waals surface area (Å²) in [6, 6.07) is 11.1. The molecule has 0 aliphatic carbocycles. The normalized spacial score (nSPS) is 12.0. The van der Waals surface area contributed by atoms with Crippen molar-refractivity contribution in [1.82, 2.24) is 5.32 Å². The molecule has 136 valence electrons. The molecule has 1 atom stereocenters. The minimum atomic E-state index is 0.0461. The van der Waals surface area contributed by atoms with E-state index in [1.165, 1.54) is 0 Å². The predicted molar refractivity (Wildman–Crippen MR) is 102 cm³/mol. The highest BCUT2D eigenvalue weighted by molar-refractivity contribution is 6.35. The number of aliphatic hydroxyl groups excluding tert-OH is 1. The van der Waals surface area contributed by atoms with Gasteiger partial charge in [0.1, 0.15) is 6.61 Å². The van der Waals surface area contributed by atoms with Crippen LogP contribution in [0.3, 0.4) is 0 Å². The maximum absolute atomic E-state index is 9.34. The van der Waals surface area contributed by atoms with Gasteiger partial charge in [-0.1, -0.05) is 48.3 Å². The molecule has 0 heterocycles. The first-order valence-corrected chi connectivity index (χ1v) is 8.91. The van der Waals surface area contributed by atoms with Crippen LogP contribution in [0, 0.1) is 0 Å². The quantitative estimate of drug-likeness (QED) is 0.671. The van der Waals surface area contributed by atoms with E-state index in [0.29, 0.717) is 34.7 Å². The Bertz CT molecular complexity index is 690. The SMILES string of the molecule is CCC(CO)NCc1cccc(OC)c1OCc1ccc(Cl)cc1Cl. The molecule has 2 rings (SSSR count). The van der Waals surface area contributed by atoms with Crippen molar-refractivity contribution in [2.75, 3.05) is 13.7 Å². The number of nitrogens with one attached hydrogen (secondary N) is 1. The Kier molecular flexibility index (Phi) is 7.85. The zero-order chi connectivity index (χ0) is 18.2. The Balaban J connectivity index is 2.16. The van der Waals surface area contributed by atoms with E-state index in [0.717, 1.165) is 17.5 Å². The number of benzene rings is 2. The van der Waals surface area contributed by atoms with Crippen LogP contribution in [0.15, 0.2) is 36.4 Å². The van der Waals surface area contributed by atoms with E-state index in [1.807, 2.05) is 31.2 Å². The van der Waals surface area contributed by atoms with Crippen molar-refractivity contribution in [3.05, 3.63) is 57.6 Å². The third-order valence-electron chi connectivity index (χ3n) is 3.96. The minimum Gasteiger partial charge on any atom is -0.493 e. The molecule has 0 aromatic heterocycles. The molecule has 6 heteroatoms. The third kappa shape index (κ3) is 5.51. The van der Waals surface area contributed by atoms with Crippen molar-refractivity contribution in [2.45, 2.75) is 32.5 Å². The largest absolute Gasteiger partial charge is 0.493 e. The van der Waals surface area contributed by atoms with Gasteiger partial charge in [0.2, 0.25) is 0 Å². The van der Waals surface area contributed by atoms with Crippen molar-refractivity contribution >= 4 is 23.2 Å². The van der Waals surface area contributed by atoms with E-state index in [9.17, 15) is 5.11 Å². The van der Waals surface area contributed by atoms with Crippen LogP contribution in [0.25, 0.3) is 0 Å². The van der Waals surface area contributed by atoms with Crippen LogP contribution in [0.1, 0.15) is 24.5 Å². The first-order valence-electron chi connectivity index (χ1n) is 8.15. The molecule has 2 aromatic rings. The van der Waals surface area contributed by atoms with Gasteiger partial charge in [-0.25, -0.2) is 0 Å². The van der Waals surface area contributed by atoms with E-state index >= 15 is 0 Å². The van der Waals surface area contributed by atoms with Crippen molar-refractivity contribution in [2.24, 2.45) is 0 Å². The van der Waals surface area contributed by atoms with Gasteiger partial charge in [-0.2, -0.15) is 0 Å². The molecule has 0 saturated carbocycles. The van der Waals surface area contributed by atoms with E-state index in [-0.39, 0.29) is 12.6 Å². The molecule has 0 radical (unpaired) electrons. The molecule has 0 bridgehead atoms. The molecule has 0 aliphatic rings. The summed E-state index contributed by atoms with van der Waals surface area (Å²) in [7, 11) is 1.61. The average Bonchev–Trinajstić information content (AvgIpc) is 2.62. The van der Waals surface area contributed by atoms with Crippen LogP contribution >= 0.6 is 23.2 Å². The lowest BCUT2D eigenvalue weighted by Crippen LogP contribution is -2.31. The molecule has 0 fully saturated rings. The monoisotopic (exact) mass is 383 g/mol. The fourth-order valence-corrected chi connectivity index (χ4v) is 2.87. The van der Waals surface area contributed by atoms with Gasteiger partial charge >= 0.3 is 0 Å². The summed E-state index contributed by atoms with van der Waals surface area (Å²) in [6.07, 6.45) is 0.844. The summed E-state index contributed by atoms with van der Waals surface area (Å²) in [5.74, 6) is 1.32. The average molecular weight is 384 g/mol. The van der Waals surface area contributed by atoms with Gasteiger partial charge in [0, 0.05) is 33.8 Å². The number of rotatable bonds is 9. The summed E-state index contributed by atoms with van der Waals surface area (Å²) in [5.41, 5.74) is 1.80. The van der Waals surface area contributed by atoms with E-state index in [2.05, 4.69) is 5.32 Å². The van der Waals surface area contributed by atoms with Gasteiger partial charge in [0.05, 0.1) is 13.7 Å². The second-order valence-electron chi connectivity index (χ2n) is 5.64. The Hall–Kier alpha value is -1.46. The minimum absolute atomic E-state index is 0.0461. The van der Waals surface area contributed by atoms with Crippen molar-refractivity contribution in [1.29, 1.82) is 0 Å². The van der Waals surface area contributed by atoms with E-state index in [4.69, 9.17) is 32.7 Å². The molecule has 1 unspecified atom stereocenters. The number of halogens is 2. The molecule has 25 heavy (non-hydrogen) atoms. The fourth-order valence-electron chi connectivity index (χ4n) is 2.41. The zero-order valence-electron chi connectivity index (χ0n) is 14.4. The van der Waals surface area contributed by atoms with Crippen LogP contribution in [-0.2, 0) is 13.2 Å². The lowest BCUT2D eigenvalue weighted by molar-refractivity contribution is 0.236. The van der Waals surface area contributed by atoms with Crippen LogP contribution < -0.4 is 14.8 Å². The maximum Gasteiger partial charge on any atom is 0.166 e. The molecule has 2 aromatic carbocycles. The van der Waals surface area contributed by atoms with Gasteiger partial charge in [-0.05, 0) is 24.6 Å². The first-order chi connectivity index (χ1) is 12.1. The van der Waals surface area contributed by atoms with E-state index in [1.54, 1.807) is 19.2 Å². The molecule has 4 nitrogen and oxygen atoms in total. The Morgan fingerprint density at radius 3 is 2.60 bits per heavy atom. The summed E-state index contributed by atoms with van der Waals surface area (Å²) in [4.78, 5) is 0. The van der Waals surface area contributed by atoms with Crippen LogP contribution in [0.4, 0.5) is 0 Å². The molecule has 2 N–H and O–H groups in total. The Labute approximate surface area is 158 Å². The standard InChI is InChI=1S/C19H23Cl2NO3/c1-3-16(11-23)22-10-13-5-4-6-18(24-2)19(13)25-12-14-7-8-15(20)9-17(14)21/h4-9,16,22-23H,3,10-12H2,1-2H3. The lowest BCUT2D eigenvalue weighted by atomic mass is 10.1. The van der Waals surface area contributed by atoms with Crippen LogP contribution in [0.5, 0.6) is 11.5 Å². The predicted octanol–water partition coefficient (Wildman–Crippen LogP) is 4.44. The maximum atomic E-state index is 9.34. The Morgan fingerprint density at radius 2 is 1.96 bits per heavy atom. The molecule has 0 spiro atoms. The number of ether oxygens (including phenoxy) is 2. The molecule has 0 aliphatic heterocycles. The number of hydrogen-bond donors (Lipinski definition) is 2. The van der Waals surface area contributed by atoms with Crippen molar-refractivity contribution in [3.8, 4) is 11.5 Å². The van der Waals surface area contributed by atoms with Gasteiger partial charge in [-0.3, -0.25) is 0 Å². The van der Waals surface area contributed by atoms with E-state index < -0.39 is 0 Å². The first kappa shape index (κ1) is 19.9. The van der Waals surface area contributed by atoms with Gasteiger partial charge < -0.3 is 19.9 Å². The second-order valence-corrected chi connectivity index (χ2v) is 6.49. The zero-order valence-corrected chi connectivity index (χ0v) is 15.9. The molecular weight excluding hydrogens is 361 g/mol. The van der Waals surface area contributed by atoms with Crippen molar-refractivity contribution < 1.29 is 14.6 Å². The summed E-state index contributed by atoms with van der Waals surface area (Å²) in [6.45, 7) is 3.00. The highest BCUT2D eigenvalue weighted by Crippen LogP contribution is 2.32. The highest BCUT2D eigenvalue weighted by Gasteiger charge is 2.13. The van der Waals surface area contributed by atoms with Gasteiger partial charge in [0.15, 0.2) is 11.5 Å². The smallest absolute Gasteiger partial charge is 0.166 e. The third-order valence-corrected chi connectivity index (χ3v) is 4.55. The van der Waals surface area contributed by atoms with Gasteiger partial charge in [0.25, 0.3) is 0 Å². The van der Waals surface area contributed by atoms with Crippen LogP contribution in [-0.4, -0.2) is 24.9 Å². The molecule has 0 amide bonds. The Morgan fingerprint density at radius 1 is 1.16 bits per heavy atom. The summed E-state index contributed by atoms with van der Waals surface area (Å²) < 4.78 is 11.4.